The fourth-order valence-electron chi connectivity index (χ4n) is 4.90. The number of hydrogen-bond donors (Lipinski definition) is 1. The minimum atomic E-state index is -1.34. The van der Waals surface area contributed by atoms with Gasteiger partial charge < -0.3 is 9.84 Å². The van der Waals surface area contributed by atoms with Gasteiger partial charge in [0.2, 0.25) is 0 Å². The van der Waals surface area contributed by atoms with E-state index in [0.717, 1.165) is 18.7 Å². The molecule has 0 spiro atoms. The number of pyridine rings is 2. The van der Waals surface area contributed by atoms with Gasteiger partial charge in [-0.05, 0) is 74.5 Å². The molecule has 188 valence electrons. The van der Waals surface area contributed by atoms with E-state index in [4.69, 9.17) is 16.3 Å². The van der Waals surface area contributed by atoms with Crippen molar-refractivity contribution in [1.82, 2.24) is 14.9 Å². The summed E-state index contributed by atoms with van der Waals surface area (Å²) in [5, 5.41) is 10.5. The Bertz CT molecular complexity index is 1270. The predicted octanol–water partition coefficient (Wildman–Crippen LogP) is 5.69. The first kappa shape index (κ1) is 25.9. The number of rotatable bonds is 8. The number of aromatic nitrogens is 2. The second kappa shape index (κ2) is 11.7. The first-order valence-corrected chi connectivity index (χ1v) is 12.4. The van der Waals surface area contributed by atoms with E-state index < -0.39 is 17.6 Å². The lowest BCUT2D eigenvalue weighted by Gasteiger charge is -2.41. The van der Waals surface area contributed by atoms with Gasteiger partial charge in [0, 0.05) is 35.1 Å². The number of fused-ring (bicyclic) bond motifs is 1. The largest absolute Gasteiger partial charge is 0.497 e. The Kier molecular flexibility index (Phi) is 8.40. The molecule has 0 unspecified atom stereocenters. The average Bonchev–Trinajstić information content (AvgIpc) is 2.88. The molecule has 3 aromatic rings. The standard InChI is InChI=1S/C28H29ClFN3O3/c1-36-21-6-7-25-22(16-21)27(23(29)19-32-25)24(30)8-9-28(17-26(34)35)10-14-33(15-11-28)13-3-5-20-4-2-12-31-18-20/h2,4,6-7,12,16,18-19,24H,8-11,13-15,17H2,1H3,(H,34,35)/t24-/m0/s1. The Morgan fingerprint density at radius 1 is 1.31 bits per heavy atom. The summed E-state index contributed by atoms with van der Waals surface area (Å²) >= 11 is 6.39. The van der Waals surface area contributed by atoms with Gasteiger partial charge in [-0.3, -0.25) is 19.7 Å². The molecule has 8 heteroatoms. The molecule has 3 heterocycles. The van der Waals surface area contributed by atoms with Crippen molar-refractivity contribution in [3.05, 3.63) is 65.1 Å². The summed E-state index contributed by atoms with van der Waals surface area (Å²) in [6.45, 7) is 2.05. The first-order valence-electron chi connectivity index (χ1n) is 12.0. The molecular weight excluding hydrogens is 481 g/mol. The number of ether oxygens (including phenoxy) is 1. The first-order chi connectivity index (χ1) is 17.4. The fourth-order valence-corrected chi connectivity index (χ4v) is 5.17. The van der Waals surface area contributed by atoms with Gasteiger partial charge in [-0.1, -0.05) is 23.4 Å². The summed E-state index contributed by atoms with van der Waals surface area (Å²) in [6.07, 6.45) is 5.58. The molecule has 0 amide bonds. The van der Waals surface area contributed by atoms with Crippen molar-refractivity contribution in [3.8, 4) is 17.6 Å². The van der Waals surface area contributed by atoms with Gasteiger partial charge in [-0.2, -0.15) is 0 Å². The lowest BCUT2D eigenvalue weighted by atomic mass is 9.71. The van der Waals surface area contributed by atoms with Gasteiger partial charge >= 0.3 is 5.97 Å². The number of alkyl halides is 1. The van der Waals surface area contributed by atoms with Crippen LogP contribution in [-0.4, -0.2) is 52.7 Å². The molecule has 1 aliphatic heterocycles. The quantitative estimate of drug-likeness (QED) is 0.393. The second-order valence-electron chi connectivity index (χ2n) is 9.30. The molecule has 0 saturated carbocycles. The summed E-state index contributed by atoms with van der Waals surface area (Å²) in [7, 11) is 1.55. The van der Waals surface area contributed by atoms with Crippen molar-refractivity contribution in [2.75, 3.05) is 26.7 Å². The Morgan fingerprint density at radius 2 is 2.11 bits per heavy atom. The van der Waals surface area contributed by atoms with Gasteiger partial charge in [0.05, 0.1) is 30.6 Å². The minimum absolute atomic E-state index is 0.0214. The van der Waals surface area contributed by atoms with E-state index >= 15 is 4.39 Å². The van der Waals surface area contributed by atoms with E-state index in [1.54, 1.807) is 37.7 Å². The fraction of sp³-hybridized carbons (Fsp3) is 0.393. The highest BCUT2D eigenvalue weighted by Gasteiger charge is 2.37. The van der Waals surface area contributed by atoms with Crippen LogP contribution in [0.3, 0.4) is 0 Å². The van der Waals surface area contributed by atoms with Gasteiger partial charge in [0.1, 0.15) is 11.9 Å². The van der Waals surface area contributed by atoms with Gasteiger partial charge in [-0.25, -0.2) is 4.39 Å². The van der Waals surface area contributed by atoms with E-state index in [1.807, 2.05) is 12.1 Å². The Morgan fingerprint density at radius 3 is 2.81 bits per heavy atom. The highest BCUT2D eigenvalue weighted by Crippen LogP contribution is 2.44. The Balaban J connectivity index is 1.43. The maximum Gasteiger partial charge on any atom is 0.303 e. The summed E-state index contributed by atoms with van der Waals surface area (Å²) < 4.78 is 21.0. The van der Waals surface area contributed by atoms with Crippen molar-refractivity contribution in [1.29, 1.82) is 0 Å². The number of methoxy groups -OCH3 is 1. The van der Waals surface area contributed by atoms with Crippen LogP contribution < -0.4 is 4.74 Å². The van der Waals surface area contributed by atoms with Crippen LogP contribution >= 0.6 is 11.6 Å². The summed E-state index contributed by atoms with van der Waals surface area (Å²) in [5.74, 6) is 6.02. The SMILES string of the molecule is COc1ccc2ncc(Cl)c([C@@H](F)CCC3(CC(=O)O)CCN(CC#Cc4cccnc4)CC3)c2c1. The maximum absolute atomic E-state index is 15.7. The van der Waals surface area contributed by atoms with E-state index in [0.29, 0.717) is 48.0 Å². The molecule has 1 aliphatic rings. The molecule has 1 atom stereocenters. The molecular formula is C28H29ClFN3O3. The number of likely N-dealkylation sites (tertiary alicyclic amines) is 1. The zero-order chi connectivity index (χ0) is 25.5. The number of aliphatic carboxylic acids is 1. The van der Waals surface area contributed by atoms with Crippen molar-refractivity contribution < 1.29 is 19.0 Å². The van der Waals surface area contributed by atoms with Gasteiger partial charge in [0.15, 0.2) is 0 Å². The van der Waals surface area contributed by atoms with Crippen LogP contribution in [0.4, 0.5) is 4.39 Å². The van der Waals surface area contributed by atoms with Crippen LogP contribution in [0, 0.1) is 17.3 Å². The third kappa shape index (κ3) is 6.31. The molecule has 0 radical (unpaired) electrons. The van der Waals surface area contributed by atoms with Crippen LogP contribution in [-0.2, 0) is 4.79 Å². The summed E-state index contributed by atoms with van der Waals surface area (Å²) in [5.41, 5.74) is 1.42. The molecule has 1 N–H and O–H groups in total. The topological polar surface area (TPSA) is 75.6 Å². The molecule has 1 aromatic carbocycles. The molecule has 1 fully saturated rings. The van der Waals surface area contributed by atoms with E-state index in [2.05, 4.69) is 26.7 Å². The number of carboxylic acid groups (broad SMARTS) is 1. The van der Waals surface area contributed by atoms with Crippen LogP contribution in [0.2, 0.25) is 5.02 Å². The zero-order valence-electron chi connectivity index (χ0n) is 20.2. The predicted molar refractivity (Wildman–Crippen MR) is 138 cm³/mol. The van der Waals surface area contributed by atoms with Crippen LogP contribution in [0.5, 0.6) is 5.75 Å². The third-order valence-electron chi connectivity index (χ3n) is 6.95. The van der Waals surface area contributed by atoms with Crippen molar-refractivity contribution in [2.45, 2.75) is 38.3 Å². The van der Waals surface area contributed by atoms with Crippen LogP contribution in [0.15, 0.2) is 48.9 Å². The second-order valence-corrected chi connectivity index (χ2v) is 9.71. The number of halogens is 2. The van der Waals surface area contributed by atoms with Crippen molar-refractivity contribution >= 4 is 28.5 Å². The van der Waals surface area contributed by atoms with Gasteiger partial charge in [-0.15, -0.1) is 0 Å². The van der Waals surface area contributed by atoms with Crippen LogP contribution in [0.1, 0.15) is 49.4 Å². The Hall–Kier alpha value is -3.21. The normalized spacial score (nSPS) is 16.2. The van der Waals surface area contributed by atoms with E-state index in [-0.39, 0.29) is 17.9 Å². The van der Waals surface area contributed by atoms with Gasteiger partial charge in [0.25, 0.3) is 0 Å². The minimum Gasteiger partial charge on any atom is -0.497 e. The van der Waals surface area contributed by atoms with Crippen molar-refractivity contribution in [3.63, 3.8) is 0 Å². The smallest absolute Gasteiger partial charge is 0.303 e. The molecule has 2 aromatic heterocycles. The lowest BCUT2D eigenvalue weighted by Crippen LogP contribution is -2.41. The number of nitrogens with zero attached hydrogens (tertiary/aromatic N) is 3. The number of piperidine rings is 1. The zero-order valence-corrected chi connectivity index (χ0v) is 21.0. The lowest BCUT2D eigenvalue weighted by molar-refractivity contribution is -0.141. The molecule has 4 rings (SSSR count). The van der Waals surface area contributed by atoms with Crippen LogP contribution in [0.25, 0.3) is 10.9 Å². The van der Waals surface area contributed by atoms with Crippen molar-refractivity contribution in [2.24, 2.45) is 5.41 Å². The molecule has 36 heavy (non-hydrogen) atoms. The monoisotopic (exact) mass is 509 g/mol. The number of benzene rings is 1. The number of carboxylic acids is 1. The maximum atomic E-state index is 15.7. The molecule has 0 aliphatic carbocycles. The molecule has 1 saturated heterocycles. The van der Waals surface area contributed by atoms with E-state index in [9.17, 15) is 9.90 Å². The average molecular weight is 510 g/mol. The molecule has 6 nitrogen and oxygen atoms in total. The highest BCUT2D eigenvalue weighted by atomic mass is 35.5. The number of hydrogen-bond acceptors (Lipinski definition) is 5. The number of carbonyl (C=O) groups is 1. The third-order valence-corrected chi connectivity index (χ3v) is 7.25. The van der Waals surface area contributed by atoms with E-state index in [1.165, 1.54) is 6.20 Å². The summed E-state index contributed by atoms with van der Waals surface area (Å²) in [4.78, 5) is 22.3. The Labute approximate surface area is 215 Å². The summed E-state index contributed by atoms with van der Waals surface area (Å²) in [6, 6.07) is 9.06. The molecule has 0 bridgehead atoms. The highest BCUT2D eigenvalue weighted by molar-refractivity contribution is 6.32.